The smallest absolute Gasteiger partial charge is 0.224 e. The molecule has 1 aromatic rings. The topological polar surface area (TPSA) is 70.2 Å². The minimum absolute atomic E-state index is 0. The molecule has 0 fully saturated rings. The van der Waals surface area contributed by atoms with Gasteiger partial charge in [0.15, 0.2) is 0 Å². The van der Waals surface area contributed by atoms with Crippen LogP contribution in [-0.2, 0) is 16.1 Å². The van der Waals surface area contributed by atoms with Gasteiger partial charge in [-0.1, -0.05) is 19.1 Å². The van der Waals surface area contributed by atoms with Crippen LogP contribution in [0, 0.1) is 0 Å². The van der Waals surface area contributed by atoms with Gasteiger partial charge in [-0.05, 0) is 44.1 Å². The van der Waals surface area contributed by atoms with E-state index in [-0.39, 0.29) is 24.2 Å². The summed E-state index contributed by atoms with van der Waals surface area (Å²) in [6, 6.07) is 7.54. The van der Waals surface area contributed by atoms with Crippen molar-refractivity contribution in [2.24, 2.45) is 0 Å². The van der Waals surface area contributed by atoms with Gasteiger partial charge in [0.1, 0.15) is 0 Å². The van der Waals surface area contributed by atoms with Crippen LogP contribution in [0.5, 0.6) is 0 Å². The van der Waals surface area contributed by atoms with E-state index in [9.17, 15) is 9.59 Å². The first-order chi connectivity index (χ1) is 10.2. The summed E-state index contributed by atoms with van der Waals surface area (Å²) < 4.78 is 0. The lowest BCUT2D eigenvalue weighted by atomic mass is 10.2. The molecule has 0 saturated heterocycles. The lowest BCUT2D eigenvalue weighted by molar-refractivity contribution is -0.121. The largest absolute Gasteiger partial charge is 0.352 e. The Morgan fingerprint density at radius 3 is 2.32 bits per heavy atom. The Bertz CT molecular complexity index is 449. The highest BCUT2D eigenvalue weighted by atomic mass is 35.5. The van der Waals surface area contributed by atoms with E-state index in [0.717, 1.165) is 30.6 Å². The summed E-state index contributed by atoms with van der Waals surface area (Å²) >= 11 is 0. The molecule has 0 unspecified atom stereocenters. The Labute approximate surface area is 138 Å². The number of halogens is 1. The number of rotatable bonds is 9. The van der Waals surface area contributed by atoms with Crippen LogP contribution >= 0.6 is 12.4 Å². The standard InChI is InChI=1S/C16H25N3O2.ClH/c1-3-5-16(21)19-14-9-7-13(8-10-14)12-18-15(20)6-4-11-17-2;/h7-10,17H,3-6,11-12H2,1-2H3,(H,18,20)(H,19,21);1H. The second-order valence-corrected chi connectivity index (χ2v) is 4.98. The third-order valence-corrected chi connectivity index (χ3v) is 3.04. The van der Waals surface area contributed by atoms with Gasteiger partial charge in [-0.25, -0.2) is 0 Å². The van der Waals surface area contributed by atoms with Gasteiger partial charge in [0.2, 0.25) is 11.8 Å². The average Bonchev–Trinajstić information content (AvgIpc) is 2.47. The molecule has 6 heteroatoms. The van der Waals surface area contributed by atoms with Crippen LogP contribution in [0.15, 0.2) is 24.3 Å². The predicted octanol–water partition coefficient (Wildman–Crippen LogP) is 2.46. The lowest BCUT2D eigenvalue weighted by Crippen LogP contribution is -2.23. The predicted molar refractivity (Wildman–Crippen MR) is 92.2 cm³/mol. The number of amides is 2. The maximum atomic E-state index is 11.6. The molecule has 0 aliphatic heterocycles. The highest BCUT2D eigenvalue weighted by Gasteiger charge is 2.03. The molecule has 0 saturated carbocycles. The monoisotopic (exact) mass is 327 g/mol. The zero-order valence-electron chi connectivity index (χ0n) is 13.3. The summed E-state index contributed by atoms with van der Waals surface area (Å²) in [6.45, 7) is 3.34. The SMILES string of the molecule is CCCC(=O)Nc1ccc(CNC(=O)CCCNC)cc1.Cl. The highest BCUT2D eigenvalue weighted by Crippen LogP contribution is 2.10. The molecule has 1 rings (SSSR count). The van der Waals surface area contributed by atoms with E-state index >= 15 is 0 Å². The first-order valence-corrected chi connectivity index (χ1v) is 7.45. The van der Waals surface area contributed by atoms with Crippen LogP contribution < -0.4 is 16.0 Å². The molecular weight excluding hydrogens is 302 g/mol. The van der Waals surface area contributed by atoms with Gasteiger partial charge in [-0.2, -0.15) is 0 Å². The van der Waals surface area contributed by atoms with Crippen molar-refractivity contribution in [3.8, 4) is 0 Å². The van der Waals surface area contributed by atoms with Gasteiger partial charge in [0.05, 0.1) is 0 Å². The minimum Gasteiger partial charge on any atom is -0.352 e. The molecular formula is C16H26ClN3O2. The molecule has 0 aliphatic carbocycles. The van der Waals surface area contributed by atoms with Crippen molar-refractivity contribution in [3.63, 3.8) is 0 Å². The van der Waals surface area contributed by atoms with Gasteiger partial charge in [0.25, 0.3) is 0 Å². The summed E-state index contributed by atoms with van der Waals surface area (Å²) in [5.74, 6) is 0.0914. The molecule has 0 heterocycles. The molecule has 1 aromatic carbocycles. The second kappa shape index (κ2) is 12.0. The second-order valence-electron chi connectivity index (χ2n) is 4.98. The first-order valence-electron chi connectivity index (χ1n) is 7.45. The molecule has 22 heavy (non-hydrogen) atoms. The molecule has 0 bridgehead atoms. The van der Waals surface area contributed by atoms with Crippen LogP contribution in [0.25, 0.3) is 0 Å². The van der Waals surface area contributed by atoms with Gasteiger partial charge >= 0.3 is 0 Å². The van der Waals surface area contributed by atoms with E-state index in [1.165, 1.54) is 0 Å². The summed E-state index contributed by atoms with van der Waals surface area (Å²) in [6.07, 6.45) is 2.74. The van der Waals surface area contributed by atoms with Crippen molar-refractivity contribution in [2.75, 3.05) is 18.9 Å². The lowest BCUT2D eigenvalue weighted by Gasteiger charge is -2.07. The number of nitrogens with one attached hydrogen (secondary N) is 3. The van der Waals surface area contributed by atoms with E-state index in [4.69, 9.17) is 0 Å². The van der Waals surface area contributed by atoms with Crippen molar-refractivity contribution in [1.82, 2.24) is 10.6 Å². The zero-order valence-corrected chi connectivity index (χ0v) is 14.1. The molecule has 0 spiro atoms. The van der Waals surface area contributed by atoms with Gasteiger partial charge in [-0.15, -0.1) is 12.4 Å². The summed E-state index contributed by atoms with van der Waals surface area (Å²) in [5, 5.41) is 8.73. The van der Waals surface area contributed by atoms with Crippen LogP contribution in [0.3, 0.4) is 0 Å². The van der Waals surface area contributed by atoms with Crippen molar-refractivity contribution in [2.45, 2.75) is 39.2 Å². The minimum atomic E-state index is 0. The highest BCUT2D eigenvalue weighted by molar-refractivity contribution is 5.90. The molecule has 124 valence electrons. The number of carbonyl (C=O) groups excluding carboxylic acids is 2. The number of benzene rings is 1. The molecule has 0 aromatic heterocycles. The van der Waals surface area contributed by atoms with Gasteiger partial charge in [0, 0.05) is 25.1 Å². The summed E-state index contributed by atoms with van der Waals surface area (Å²) in [5.41, 5.74) is 1.81. The van der Waals surface area contributed by atoms with E-state index in [0.29, 0.717) is 19.4 Å². The Kier molecular flexibility index (Phi) is 11.1. The maximum Gasteiger partial charge on any atom is 0.224 e. The van der Waals surface area contributed by atoms with E-state index in [1.807, 2.05) is 38.2 Å². The van der Waals surface area contributed by atoms with Crippen LogP contribution in [-0.4, -0.2) is 25.4 Å². The molecule has 3 N–H and O–H groups in total. The van der Waals surface area contributed by atoms with Crippen LogP contribution in [0.4, 0.5) is 5.69 Å². The number of anilines is 1. The Hall–Kier alpha value is -1.59. The fraction of sp³-hybridized carbons (Fsp3) is 0.500. The fourth-order valence-electron chi connectivity index (χ4n) is 1.87. The van der Waals surface area contributed by atoms with Crippen molar-refractivity contribution >= 4 is 29.9 Å². The Morgan fingerprint density at radius 1 is 1.05 bits per heavy atom. The maximum absolute atomic E-state index is 11.6. The number of hydrogen-bond acceptors (Lipinski definition) is 3. The van der Waals surface area contributed by atoms with E-state index in [1.54, 1.807) is 0 Å². The zero-order chi connectivity index (χ0) is 15.5. The van der Waals surface area contributed by atoms with Crippen molar-refractivity contribution in [1.29, 1.82) is 0 Å². The van der Waals surface area contributed by atoms with E-state index < -0.39 is 0 Å². The normalized spacial score (nSPS) is 9.73. The molecule has 5 nitrogen and oxygen atoms in total. The number of carbonyl (C=O) groups is 2. The Balaban J connectivity index is 0.00000441. The third-order valence-electron chi connectivity index (χ3n) is 3.04. The van der Waals surface area contributed by atoms with Gasteiger partial charge in [-0.3, -0.25) is 9.59 Å². The summed E-state index contributed by atoms with van der Waals surface area (Å²) in [7, 11) is 1.87. The quantitative estimate of drug-likeness (QED) is 0.610. The molecule has 0 radical (unpaired) electrons. The van der Waals surface area contributed by atoms with Crippen LogP contribution in [0.2, 0.25) is 0 Å². The first kappa shape index (κ1) is 20.4. The summed E-state index contributed by atoms with van der Waals surface area (Å²) in [4.78, 5) is 23.0. The van der Waals surface area contributed by atoms with Crippen molar-refractivity contribution < 1.29 is 9.59 Å². The van der Waals surface area contributed by atoms with Gasteiger partial charge < -0.3 is 16.0 Å². The number of hydrogen-bond donors (Lipinski definition) is 3. The van der Waals surface area contributed by atoms with Crippen LogP contribution in [0.1, 0.15) is 38.2 Å². The van der Waals surface area contributed by atoms with Crippen molar-refractivity contribution in [3.05, 3.63) is 29.8 Å². The van der Waals surface area contributed by atoms with E-state index in [2.05, 4.69) is 16.0 Å². The molecule has 0 atom stereocenters. The molecule has 0 aliphatic rings. The Morgan fingerprint density at radius 2 is 1.73 bits per heavy atom. The molecule has 2 amide bonds. The average molecular weight is 328 g/mol. The fourth-order valence-corrected chi connectivity index (χ4v) is 1.87. The third kappa shape index (κ3) is 8.64.